The molecule has 1 aromatic rings. The van der Waals surface area contributed by atoms with Crippen LogP contribution in [0.4, 0.5) is 5.69 Å². The quantitative estimate of drug-likeness (QED) is 0.772. The van der Waals surface area contributed by atoms with Crippen LogP contribution in [-0.4, -0.2) is 17.6 Å². The maximum absolute atomic E-state index is 10.7. The van der Waals surface area contributed by atoms with Gasteiger partial charge in [-0.15, -0.1) is 0 Å². The van der Waals surface area contributed by atoms with Gasteiger partial charge in [0.1, 0.15) is 0 Å². The Morgan fingerprint density at radius 3 is 2.79 bits per heavy atom. The van der Waals surface area contributed by atoms with Crippen molar-refractivity contribution in [3.05, 3.63) is 18.2 Å². The van der Waals surface area contributed by atoms with Crippen LogP contribution in [-0.2, 0) is 4.79 Å². The average Bonchev–Trinajstić information content (AvgIpc) is 2.09. The summed E-state index contributed by atoms with van der Waals surface area (Å²) in [5, 5.41) is 12.0. The number of phenols is 1. The zero-order valence-corrected chi connectivity index (χ0v) is 8.20. The van der Waals surface area contributed by atoms with Crippen molar-refractivity contribution in [3.8, 4) is 11.5 Å². The smallest absolute Gasteiger partial charge is 0.221 e. The Kier molecular flexibility index (Phi) is 3.34. The van der Waals surface area contributed by atoms with Crippen molar-refractivity contribution in [1.82, 2.24) is 0 Å². The first-order chi connectivity index (χ1) is 6.63. The van der Waals surface area contributed by atoms with Gasteiger partial charge in [0.2, 0.25) is 5.91 Å². The van der Waals surface area contributed by atoms with Crippen molar-refractivity contribution < 1.29 is 14.6 Å². The van der Waals surface area contributed by atoms with E-state index in [0.29, 0.717) is 18.0 Å². The molecule has 1 rings (SSSR count). The van der Waals surface area contributed by atoms with Gasteiger partial charge in [0, 0.05) is 18.7 Å². The van der Waals surface area contributed by atoms with Crippen LogP contribution < -0.4 is 10.1 Å². The molecule has 0 saturated heterocycles. The molecule has 0 aliphatic heterocycles. The molecular formula is C10H13NO3. The Hall–Kier alpha value is -1.71. The number of aromatic hydroxyl groups is 1. The summed E-state index contributed by atoms with van der Waals surface area (Å²) in [6.07, 6.45) is 0. The molecule has 1 aromatic carbocycles. The highest BCUT2D eigenvalue weighted by Crippen LogP contribution is 2.28. The van der Waals surface area contributed by atoms with Gasteiger partial charge in [0.05, 0.1) is 6.61 Å². The van der Waals surface area contributed by atoms with Gasteiger partial charge < -0.3 is 15.2 Å². The van der Waals surface area contributed by atoms with E-state index in [1.54, 1.807) is 12.1 Å². The van der Waals surface area contributed by atoms with Crippen molar-refractivity contribution in [1.29, 1.82) is 0 Å². The van der Waals surface area contributed by atoms with Crippen molar-refractivity contribution in [2.75, 3.05) is 11.9 Å². The van der Waals surface area contributed by atoms with Crippen LogP contribution in [0.25, 0.3) is 0 Å². The Labute approximate surface area is 82.5 Å². The predicted octanol–water partition coefficient (Wildman–Crippen LogP) is 1.75. The van der Waals surface area contributed by atoms with Crippen LogP contribution in [0.5, 0.6) is 11.5 Å². The summed E-state index contributed by atoms with van der Waals surface area (Å²) in [6.45, 7) is 3.74. The molecule has 0 heterocycles. The van der Waals surface area contributed by atoms with Gasteiger partial charge in [-0.3, -0.25) is 4.79 Å². The summed E-state index contributed by atoms with van der Waals surface area (Å²) in [5.74, 6) is 0.272. The highest BCUT2D eigenvalue weighted by Gasteiger charge is 2.03. The van der Waals surface area contributed by atoms with Gasteiger partial charge in [-0.1, -0.05) is 0 Å². The maximum Gasteiger partial charge on any atom is 0.221 e. The highest BCUT2D eigenvalue weighted by molar-refractivity contribution is 5.89. The molecule has 0 unspecified atom stereocenters. The van der Waals surface area contributed by atoms with Gasteiger partial charge in [0.25, 0.3) is 0 Å². The second kappa shape index (κ2) is 4.50. The molecule has 0 aliphatic rings. The third-order valence-electron chi connectivity index (χ3n) is 1.58. The van der Waals surface area contributed by atoms with Crippen LogP contribution in [0.2, 0.25) is 0 Å². The van der Waals surface area contributed by atoms with E-state index < -0.39 is 0 Å². The molecule has 4 heteroatoms. The minimum Gasteiger partial charge on any atom is -0.504 e. The van der Waals surface area contributed by atoms with E-state index in [0.717, 1.165) is 0 Å². The van der Waals surface area contributed by atoms with Crippen LogP contribution in [0, 0.1) is 0 Å². The van der Waals surface area contributed by atoms with E-state index in [1.807, 2.05) is 6.92 Å². The number of hydrogen-bond donors (Lipinski definition) is 2. The summed E-state index contributed by atoms with van der Waals surface area (Å²) >= 11 is 0. The second-order valence-corrected chi connectivity index (χ2v) is 2.80. The van der Waals surface area contributed by atoms with Gasteiger partial charge in [-0.25, -0.2) is 0 Å². The van der Waals surface area contributed by atoms with Gasteiger partial charge in [0.15, 0.2) is 11.5 Å². The molecule has 4 nitrogen and oxygen atoms in total. The molecular weight excluding hydrogens is 182 g/mol. The summed E-state index contributed by atoms with van der Waals surface area (Å²) in [4.78, 5) is 10.7. The first kappa shape index (κ1) is 10.4. The molecule has 0 bridgehead atoms. The van der Waals surface area contributed by atoms with Crippen molar-refractivity contribution in [3.63, 3.8) is 0 Å². The second-order valence-electron chi connectivity index (χ2n) is 2.80. The first-order valence-corrected chi connectivity index (χ1v) is 4.37. The molecule has 0 fully saturated rings. The largest absolute Gasteiger partial charge is 0.504 e. The molecule has 0 saturated carbocycles. The number of carbonyl (C=O) groups excluding carboxylic acids is 1. The lowest BCUT2D eigenvalue weighted by molar-refractivity contribution is -0.114. The van der Waals surface area contributed by atoms with E-state index in [-0.39, 0.29) is 11.7 Å². The number of ether oxygens (including phenoxy) is 1. The number of rotatable bonds is 3. The minimum absolute atomic E-state index is 0.0260. The van der Waals surface area contributed by atoms with Crippen LogP contribution in [0.15, 0.2) is 18.2 Å². The van der Waals surface area contributed by atoms with Crippen molar-refractivity contribution >= 4 is 11.6 Å². The third-order valence-corrected chi connectivity index (χ3v) is 1.58. The number of phenolic OH excluding ortho intramolecular Hbond substituents is 1. The zero-order valence-electron chi connectivity index (χ0n) is 8.20. The maximum atomic E-state index is 10.7. The number of amides is 1. The van der Waals surface area contributed by atoms with Crippen LogP contribution in [0.3, 0.4) is 0 Å². The molecule has 0 spiro atoms. The van der Waals surface area contributed by atoms with Crippen LogP contribution >= 0.6 is 0 Å². The van der Waals surface area contributed by atoms with E-state index in [2.05, 4.69) is 5.32 Å². The summed E-state index contributed by atoms with van der Waals surface area (Å²) in [5.41, 5.74) is 0.554. The normalized spacial score (nSPS) is 9.57. The average molecular weight is 195 g/mol. The Morgan fingerprint density at radius 1 is 1.57 bits per heavy atom. The third kappa shape index (κ3) is 2.65. The number of hydrogen-bond acceptors (Lipinski definition) is 3. The number of nitrogens with one attached hydrogen (secondary N) is 1. The molecule has 14 heavy (non-hydrogen) atoms. The molecule has 0 aliphatic carbocycles. The molecule has 76 valence electrons. The number of anilines is 1. The fourth-order valence-electron chi connectivity index (χ4n) is 1.08. The lowest BCUT2D eigenvalue weighted by atomic mass is 10.2. The topological polar surface area (TPSA) is 58.6 Å². The molecule has 1 amide bonds. The Balaban J connectivity index is 2.83. The Bertz CT molecular complexity index is 336. The van der Waals surface area contributed by atoms with E-state index in [4.69, 9.17) is 4.74 Å². The fraction of sp³-hybridized carbons (Fsp3) is 0.300. The van der Waals surface area contributed by atoms with E-state index >= 15 is 0 Å². The van der Waals surface area contributed by atoms with Gasteiger partial charge >= 0.3 is 0 Å². The van der Waals surface area contributed by atoms with Crippen LogP contribution in [0.1, 0.15) is 13.8 Å². The summed E-state index contributed by atoms with van der Waals surface area (Å²) < 4.78 is 5.13. The first-order valence-electron chi connectivity index (χ1n) is 4.37. The van der Waals surface area contributed by atoms with E-state index in [9.17, 15) is 9.90 Å². The molecule has 0 atom stereocenters. The monoisotopic (exact) mass is 195 g/mol. The molecule has 2 N–H and O–H groups in total. The Morgan fingerprint density at radius 2 is 2.29 bits per heavy atom. The summed E-state index contributed by atoms with van der Waals surface area (Å²) in [7, 11) is 0. The lowest BCUT2D eigenvalue weighted by Crippen LogP contribution is -2.05. The molecule has 0 aromatic heterocycles. The predicted molar refractivity (Wildman–Crippen MR) is 53.6 cm³/mol. The van der Waals surface area contributed by atoms with Gasteiger partial charge in [-0.2, -0.15) is 0 Å². The fourth-order valence-corrected chi connectivity index (χ4v) is 1.08. The van der Waals surface area contributed by atoms with Gasteiger partial charge in [-0.05, 0) is 19.1 Å². The number of carbonyl (C=O) groups is 1. The SMILES string of the molecule is CCOc1ccc(NC(C)=O)cc1O. The lowest BCUT2D eigenvalue weighted by Gasteiger charge is -2.07. The van der Waals surface area contributed by atoms with Crippen molar-refractivity contribution in [2.45, 2.75) is 13.8 Å². The standard InChI is InChI=1S/C10H13NO3/c1-3-14-10-5-4-8(6-9(10)13)11-7(2)12/h4-6,13H,3H2,1-2H3,(H,11,12). The van der Waals surface area contributed by atoms with Crippen molar-refractivity contribution in [2.24, 2.45) is 0 Å². The number of benzene rings is 1. The highest BCUT2D eigenvalue weighted by atomic mass is 16.5. The molecule has 0 radical (unpaired) electrons. The zero-order chi connectivity index (χ0) is 10.6. The summed E-state index contributed by atoms with van der Waals surface area (Å²) in [6, 6.07) is 4.74. The minimum atomic E-state index is -0.173. The van der Waals surface area contributed by atoms with E-state index in [1.165, 1.54) is 13.0 Å².